The van der Waals surface area contributed by atoms with Gasteiger partial charge in [0.1, 0.15) is 0 Å². The zero-order valence-electron chi connectivity index (χ0n) is 9.79. The van der Waals surface area contributed by atoms with Gasteiger partial charge in [-0.25, -0.2) is 0 Å². The molecule has 0 radical (unpaired) electrons. The molecule has 0 saturated carbocycles. The summed E-state index contributed by atoms with van der Waals surface area (Å²) >= 11 is 7.22. The van der Waals surface area contributed by atoms with Gasteiger partial charge in [-0.1, -0.05) is 40.2 Å². The number of fused-ring (bicyclic) bond motifs is 1. The fraction of sp³-hybridized carbons (Fsp3) is 0.200. The summed E-state index contributed by atoms with van der Waals surface area (Å²) in [5.74, 6) is 0. The number of benzene rings is 2. The molecule has 1 aliphatic carbocycles. The van der Waals surface area contributed by atoms with E-state index in [-0.39, 0.29) is 0 Å². The number of hydrogen-bond donors (Lipinski definition) is 1. The van der Waals surface area contributed by atoms with Crippen LogP contribution in [0.5, 0.6) is 0 Å². The summed E-state index contributed by atoms with van der Waals surface area (Å²) in [4.78, 5) is 0. The molecule has 1 N–H and O–H groups in total. The average Bonchev–Trinajstić information content (AvgIpc) is 2.77. The van der Waals surface area contributed by atoms with Gasteiger partial charge < -0.3 is 5.32 Å². The highest BCUT2D eigenvalue weighted by atomic mass is 79.9. The Bertz CT molecular complexity index is 580. The van der Waals surface area contributed by atoms with Crippen molar-refractivity contribution in [1.82, 2.24) is 0 Å². The van der Waals surface area contributed by atoms with Crippen molar-refractivity contribution in [3.63, 3.8) is 0 Å². The molecule has 0 bridgehead atoms. The van der Waals surface area contributed by atoms with Crippen molar-refractivity contribution >= 4 is 37.5 Å². The van der Waals surface area contributed by atoms with Crippen LogP contribution in [0.15, 0.2) is 51.4 Å². The van der Waals surface area contributed by atoms with Crippen molar-refractivity contribution in [1.29, 1.82) is 0 Å². The zero-order chi connectivity index (χ0) is 12.5. The monoisotopic (exact) mass is 365 g/mol. The molecule has 0 aromatic heterocycles. The summed E-state index contributed by atoms with van der Waals surface area (Å²) in [6.07, 6.45) is 2.29. The third kappa shape index (κ3) is 2.21. The minimum atomic E-state index is 0.413. The third-order valence-corrected chi connectivity index (χ3v) is 4.85. The Morgan fingerprint density at radius 1 is 0.944 bits per heavy atom. The Hall–Kier alpha value is -0.800. The molecule has 0 spiro atoms. The van der Waals surface area contributed by atoms with Crippen LogP contribution >= 0.6 is 31.9 Å². The second kappa shape index (κ2) is 5.06. The maximum absolute atomic E-state index is 3.64. The second-order valence-electron chi connectivity index (χ2n) is 4.52. The van der Waals surface area contributed by atoms with Crippen molar-refractivity contribution in [3.05, 3.63) is 62.5 Å². The number of halogens is 2. The fourth-order valence-electron chi connectivity index (χ4n) is 2.53. The highest BCUT2D eigenvalue weighted by Gasteiger charge is 2.24. The molecule has 18 heavy (non-hydrogen) atoms. The Morgan fingerprint density at radius 3 is 2.56 bits per heavy atom. The van der Waals surface area contributed by atoms with Gasteiger partial charge in [0.25, 0.3) is 0 Å². The fourth-order valence-corrected chi connectivity index (χ4v) is 3.50. The van der Waals surface area contributed by atoms with Crippen LogP contribution in [0.25, 0.3) is 0 Å². The quantitative estimate of drug-likeness (QED) is 0.759. The summed E-state index contributed by atoms with van der Waals surface area (Å²) in [6, 6.07) is 15.2. The van der Waals surface area contributed by atoms with Crippen molar-refractivity contribution in [2.75, 3.05) is 5.32 Å². The van der Waals surface area contributed by atoms with Crippen LogP contribution in [0.1, 0.15) is 23.6 Å². The van der Waals surface area contributed by atoms with Gasteiger partial charge in [-0.05, 0) is 58.1 Å². The first kappa shape index (κ1) is 12.2. The second-order valence-corrected chi connectivity index (χ2v) is 6.23. The van der Waals surface area contributed by atoms with E-state index in [1.807, 2.05) is 6.07 Å². The number of anilines is 1. The lowest BCUT2D eigenvalue weighted by Gasteiger charge is -2.16. The minimum Gasteiger partial charge on any atom is -0.377 e. The predicted octanol–water partition coefficient (Wildman–Crippen LogP) is 5.31. The predicted molar refractivity (Wildman–Crippen MR) is 83.0 cm³/mol. The molecule has 0 fully saturated rings. The average molecular weight is 367 g/mol. The van der Waals surface area contributed by atoms with Gasteiger partial charge in [-0.15, -0.1) is 0 Å². The van der Waals surface area contributed by atoms with E-state index in [0.29, 0.717) is 6.04 Å². The van der Waals surface area contributed by atoms with Crippen LogP contribution in [0, 0.1) is 0 Å². The van der Waals surface area contributed by atoms with E-state index in [9.17, 15) is 0 Å². The van der Waals surface area contributed by atoms with Gasteiger partial charge in [0.05, 0.1) is 6.04 Å². The van der Waals surface area contributed by atoms with E-state index >= 15 is 0 Å². The van der Waals surface area contributed by atoms with Crippen LogP contribution in [-0.4, -0.2) is 0 Å². The molecule has 2 aromatic carbocycles. The van der Waals surface area contributed by atoms with E-state index in [4.69, 9.17) is 0 Å². The van der Waals surface area contributed by atoms with Gasteiger partial charge in [0, 0.05) is 14.6 Å². The lowest BCUT2D eigenvalue weighted by atomic mass is 10.1. The van der Waals surface area contributed by atoms with Crippen molar-refractivity contribution in [2.45, 2.75) is 18.9 Å². The van der Waals surface area contributed by atoms with E-state index in [0.717, 1.165) is 23.0 Å². The van der Waals surface area contributed by atoms with Crippen molar-refractivity contribution < 1.29 is 0 Å². The number of nitrogens with one attached hydrogen (secondary N) is 1. The van der Waals surface area contributed by atoms with Crippen LogP contribution in [0.2, 0.25) is 0 Å². The Morgan fingerprint density at radius 2 is 1.72 bits per heavy atom. The molecule has 3 rings (SSSR count). The number of hydrogen-bond acceptors (Lipinski definition) is 1. The van der Waals surface area contributed by atoms with E-state index in [1.165, 1.54) is 15.6 Å². The maximum Gasteiger partial charge on any atom is 0.0520 e. The molecular weight excluding hydrogens is 354 g/mol. The SMILES string of the molecule is Brc1ccccc1NC1CCc2c(Br)cccc21. The molecule has 92 valence electrons. The molecular formula is C15H13Br2N. The van der Waals surface area contributed by atoms with Crippen LogP contribution < -0.4 is 5.32 Å². The minimum absolute atomic E-state index is 0.413. The normalized spacial score (nSPS) is 17.6. The van der Waals surface area contributed by atoms with Crippen molar-refractivity contribution in [2.24, 2.45) is 0 Å². The number of para-hydroxylation sites is 1. The molecule has 1 nitrogen and oxygen atoms in total. The Balaban J connectivity index is 1.90. The first-order valence-corrected chi connectivity index (χ1v) is 7.62. The summed E-state index contributed by atoms with van der Waals surface area (Å²) in [5.41, 5.74) is 4.03. The van der Waals surface area contributed by atoms with Gasteiger partial charge in [0.15, 0.2) is 0 Å². The maximum atomic E-state index is 3.64. The molecule has 0 heterocycles. The van der Waals surface area contributed by atoms with E-state index in [1.54, 1.807) is 0 Å². The molecule has 1 atom stereocenters. The smallest absolute Gasteiger partial charge is 0.0520 e. The Labute approximate surface area is 124 Å². The van der Waals surface area contributed by atoms with Gasteiger partial charge in [-0.2, -0.15) is 0 Å². The van der Waals surface area contributed by atoms with Crippen LogP contribution in [0.4, 0.5) is 5.69 Å². The number of rotatable bonds is 2. The zero-order valence-corrected chi connectivity index (χ0v) is 13.0. The van der Waals surface area contributed by atoms with Crippen molar-refractivity contribution in [3.8, 4) is 0 Å². The molecule has 2 aromatic rings. The molecule has 1 aliphatic rings. The van der Waals surface area contributed by atoms with Gasteiger partial charge in [0.2, 0.25) is 0 Å². The lowest BCUT2D eigenvalue weighted by molar-refractivity contribution is 0.761. The molecule has 0 aliphatic heterocycles. The molecule has 0 saturated heterocycles. The highest BCUT2D eigenvalue weighted by Crippen LogP contribution is 2.38. The van der Waals surface area contributed by atoms with E-state index in [2.05, 4.69) is 73.6 Å². The summed E-state index contributed by atoms with van der Waals surface area (Å²) in [5, 5.41) is 3.62. The van der Waals surface area contributed by atoms with Crippen LogP contribution in [-0.2, 0) is 6.42 Å². The molecule has 3 heteroatoms. The summed E-state index contributed by atoms with van der Waals surface area (Å²) in [7, 11) is 0. The van der Waals surface area contributed by atoms with Crippen LogP contribution in [0.3, 0.4) is 0 Å². The largest absolute Gasteiger partial charge is 0.377 e. The van der Waals surface area contributed by atoms with Gasteiger partial charge >= 0.3 is 0 Å². The third-order valence-electron chi connectivity index (χ3n) is 3.42. The lowest BCUT2D eigenvalue weighted by Crippen LogP contribution is -2.07. The summed E-state index contributed by atoms with van der Waals surface area (Å²) in [6.45, 7) is 0. The Kier molecular flexibility index (Phi) is 3.44. The topological polar surface area (TPSA) is 12.0 Å². The molecule has 0 amide bonds. The molecule has 1 unspecified atom stereocenters. The first-order valence-electron chi connectivity index (χ1n) is 6.04. The highest BCUT2D eigenvalue weighted by molar-refractivity contribution is 9.10. The van der Waals surface area contributed by atoms with E-state index < -0.39 is 0 Å². The standard InChI is InChI=1S/C15H13Br2N/c16-12-6-3-4-11-10(12)8-9-14(11)18-15-7-2-1-5-13(15)17/h1-7,14,18H,8-9H2. The van der Waals surface area contributed by atoms with Gasteiger partial charge in [-0.3, -0.25) is 0 Å². The first-order chi connectivity index (χ1) is 8.75. The summed E-state index contributed by atoms with van der Waals surface area (Å²) < 4.78 is 2.35.